The van der Waals surface area contributed by atoms with Gasteiger partial charge in [-0.3, -0.25) is 0 Å². The van der Waals surface area contributed by atoms with Gasteiger partial charge in [0.15, 0.2) is 0 Å². The zero-order valence-corrected chi connectivity index (χ0v) is 10.5. The van der Waals surface area contributed by atoms with Crippen molar-refractivity contribution in [2.75, 3.05) is 0 Å². The highest BCUT2D eigenvalue weighted by Crippen LogP contribution is 2.30. The number of hydrogen-bond acceptors (Lipinski definition) is 1. The van der Waals surface area contributed by atoms with E-state index >= 15 is 0 Å². The van der Waals surface area contributed by atoms with Gasteiger partial charge in [0.25, 0.3) is 0 Å². The Bertz CT molecular complexity index is 515. The molecule has 1 aliphatic rings. The van der Waals surface area contributed by atoms with Crippen LogP contribution in [0.15, 0.2) is 42.6 Å². The van der Waals surface area contributed by atoms with Gasteiger partial charge in [0, 0.05) is 24.0 Å². The molecule has 0 aliphatic heterocycles. The molecule has 2 aromatic rings. The lowest BCUT2D eigenvalue weighted by atomic mass is 9.95. The van der Waals surface area contributed by atoms with E-state index in [0.717, 1.165) is 37.8 Å². The fourth-order valence-corrected chi connectivity index (χ4v) is 2.84. The van der Waals surface area contributed by atoms with Crippen molar-refractivity contribution in [3.63, 3.8) is 0 Å². The third-order valence-electron chi connectivity index (χ3n) is 3.85. The van der Waals surface area contributed by atoms with Crippen LogP contribution in [0.4, 0.5) is 0 Å². The van der Waals surface area contributed by atoms with E-state index in [1.54, 1.807) is 0 Å². The number of aliphatic hydroxyl groups excluding tert-OH is 1. The van der Waals surface area contributed by atoms with Crippen molar-refractivity contribution in [2.24, 2.45) is 0 Å². The van der Waals surface area contributed by atoms with E-state index in [1.165, 1.54) is 11.3 Å². The van der Waals surface area contributed by atoms with Crippen molar-refractivity contribution in [2.45, 2.75) is 38.3 Å². The van der Waals surface area contributed by atoms with E-state index in [-0.39, 0.29) is 6.10 Å². The molecule has 1 unspecified atom stereocenters. The lowest BCUT2D eigenvalue weighted by Crippen LogP contribution is -2.12. The molecular formula is C16H19NO. The Hall–Kier alpha value is -1.54. The third kappa shape index (κ3) is 2.21. The van der Waals surface area contributed by atoms with Crippen LogP contribution in [0.2, 0.25) is 0 Å². The van der Waals surface area contributed by atoms with Crippen molar-refractivity contribution < 1.29 is 5.11 Å². The second-order valence-corrected chi connectivity index (χ2v) is 5.05. The summed E-state index contributed by atoms with van der Waals surface area (Å²) in [6.45, 7) is 1.01. The molecule has 18 heavy (non-hydrogen) atoms. The maximum Gasteiger partial charge on any atom is 0.0807 e. The summed E-state index contributed by atoms with van der Waals surface area (Å²) >= 11 is 0. The molecule has 2 nitrogen and oxygen atoms in total. The van der Waals surface area contributed by atoms with E-state index < -0.39 is 0 Å². The van der Waals surface area contributed by atoms with Crippen LogP contribution >= 0.6 is 0 Å². The van der Waals surface area contributed by atoms with E-state index in [4.69, 9.17) is 0 Å². The Kier molecular flexibility index (Phi) is 3.20. The van der Waals surface area contributed by atoms with E-state index in [0.29, 0.717) is 0 Å². The van der Waals surface area contributed by atoms with E-state index in [1.807, 2.05) is 0 Å². The lowest BCUT2D eigenvalue weighted by Gasteiger charge is -2.20. The molecule has 0 radical (unpaired) electrons. The van der Waals surface area contributed by atoms with Crippen LogP contribution in [-0.2, 0) is 19.4 Å². The fourth-order valence-electron chi connectivity index (χ4n) is 2.84. The first-order chi connectivity index (χ1) is 8.84. The second-order valence-electron chi connectivity index (χ2n) is 5.05. The summed E-state index contributed by atoms with van der Waals surface area (Å²) < 4.78 is 2.31. The molecule has 1 N–H and O–H groups in total. The maximum atomic E-state index is 9.95. The molecule has 1 heterocycles. The van der Waals surface area contributed by atoms with Crippen LogP contribution in [0.1, 0.15) is 35.8 Å². The Labute approximate surface area is 108 Å². The van der Waals surface area contributed by atoms with Gasteiger partial charge in [-0.05, 0) is 37.3 Å². The summed E-state index contributed by atoms with van der Waals surface area (Å²) in [5.41, 5.74) is 3.86. The molecule has 1 aromatic heterocycles. The third-order valence-corrected chi connectivity index (χ3v) is 3.85. The topological polar surface area (TPSA) is 25.2 Å². The Morgan fingerprint density at radius 1 is 1.17 bits per heavy atom. The molecule has 0 amide bonds. The normalized spacial score (nSPS) is 18.6. The van der Waals surface area contributed by atoms with Crippen LogP contribution in [0.25, 0.3) is 0 Å². The zero-order valence-electron chi connectivity index (χ0n) is 10.5. The average Bonchev–Trinajstić information content (AvgIpc) is 2.82. The molecule has 1 atom stereocenters. The molecule has 0 fully saturated rings. The molecule has 1 aromatic carbocycles. The molecule has 0 saturated heterocycles. The molecule has 94 valence electrons. The van der Waals surface area contributed by atoms with Gasteiger partial charge in [-0.25, -0.2) is 0 Å². The monoisotopic (exact) mass is 241 g/mol. The predicted octanol–water partition coefficient (Wildman–Crippen LogP) is 3.10. The van der Waals surface area contributed by atoms with Gasteiger partial charge >= 0.3 is 0 Å². The van der Waals surface area contributed by atoms with Gasteiger partial charge in [-0.1, -0.05) is 30.3 Å². The summed E-state index contributed by atoms with van der Waals surface area (Å²) in [4.78, 5) is 0. The summed E-state index contributed by atoms with van der Waals surface area (Å²) in [5, 5.41) is 9.95. The minimum absolute atomic E-state index is 0.244. The van der Waals surface area contributed by atoms with Gasteiger partial charge in [0.05, 0.1) is 6.10 Å². The largest absolute Gasteiger partial charge is 0.388 e. The lowest BCUT2D eigenvalue weighted by molar-refractivity contribution is 0.155. The zero-order chi connectivity index (χ0) is 12.4. The number of fused-ring (bicyclic) bond motifs is 1. The fraction of sp³-hybridized carbons (Fsp3) is 0.375. The smallest absolute Gasteiger partial charge is 0.0807 e. The van der Waals surface area contributed by atoms with Crippen molar-refractivity contribution >= 4 is 0 Å². The summed E-state index contributed by atoms with van der Waals surface area (Å²) in [6.07, 6.45) is 6.06. The van der Waals surface area contributed by atoms with Gasteiger partial charge in [0.1, 0.15) is 0 Å². The van der Waals surface area contributed by atoms with Crippen molar-refractivity contribution in [3.05, 3.63) is 59.4 Å². The first kappa shape index (κ1) is 11.5. The molecular weight excluding hydrogens is 222 g/mol. The SMILES string of the molecule is OC1CCCc2c1ccn2CCc1ccccc1. The number of rotatable bonds is 3. The van der Waals surface area contributed by atoms with Gasteiger partial charge in [0.2, 0.25) is 0 Å². The predicted molar refractivity (Wildman–Crippen MR) is 72.5 cm³/mol. The Morgan fingerprint density at radius 3 is 2.83 bits per heavy atom. The molecule has 2 heteroatoms. The van der Waals surface area contributed by atoms with Gasteiger partial charge in [-0.15, -0.1) is 0 Å². The first-order valence-electron chi connectivity index (χ1n) is 6.74. The average molecular weight is 241 g/mol. The van der Waals surface area contributed by atoms with Gasteiger partial charge in [-0.2, -0.15) is 0 Å². The second kappa shape index (κ2) is 4.99. The molecule has 3 rings (SSSR count). The van der Waals surface area contributed by atoms with Crippen LogP contribution in [-0.4, -0.2) is 9.67 Å². The highest BCUT2D eigenvalue weighted by atomic mass is 16.3. The number of hydrogen-bond donors (Lipinski definition) is 1. The van der Waals surface area contributed by atoms with Crippen molar-refractivity contribution in [1.82, 2.24) is 4.57 Å². The molecule has 0 spiro atoms. The number of nitrogens with zero attached hydrogens (tertiary/aromatic N) is 1. The van der Waals surface area contributed by atoms with E-state index in [2.05, 4.69) is 47.2 Å². The Morgan fingerprint density at radius 2 is 2.00 bits per heavy atom. The highest BCUT2D eigenvalue weighted by molar-refractivity contribution is 5.27. The van der Waals surface area contributed by atoms with Crippen LogP contribution in [0, 0.1) is 0 Å². The van der Waals surface area contributed by atoms with Crippen molar-refractivity contribution in [3.8, 4) is 0 Å². The highest BCUT2D eigenvalue weighted by Gasteiger charge is 2.20. The number of aryl methyl sites for hydroxylation is 2. The summed E-state index contributed by atoms with van der Waals surface area (Å²) in [5.74, 6) is 0. The number of aromatic nitrogens is 1. The van der Waals surface area contributed by atoms with Gasteiger partial charge < -0.3 is 9.67 Å². The Balaban J connectivity index is 1.74. The summed E-state index contributed by atoms with van der Waals surface area (Å²) in [7, 11) is 0. The molecule has 0 saturated carbocycles. The number of benzene rings is 1. The maximum absolute atomic E-state index is 9.95. The first-order valence-corrected chi connectivity index (χ1v) is 6.74. The summed E-state index contributed by atoms with van der Waals surface area (Å²) in [6, 6.07) is 12.7. The minimum atomic E-state index is -0.244. The molecule has 0 bridgehead atoms. The number of aliphatic hydroxyl groups is 1. The van der Waals surface area contributed by atoms with E-state index in [9.17, 15) is 5.11 Å². The van der Waals surface area contributed by atoms with Crippen LogP contribution in [0.5, 0.6) is 0 Å². The minimum Gasteiger partial charge on any atom is -0.388 e. The van der Waals surface area contributed by atoms with Crippen molar-refractivity contribution in [1.29, 1.82) is 0 Å². The van der Waals surface area contributed by atoms with Crippen LogP contribution < -0.4 is 0 Å². The van der Waals surface area contributed by atoms with Crippen LogP contribution in [0.3, 0.4) is 0 Å². The molecule has 1 aliphatic carbocycles. The quantitative estimate of drug-likeness (QED) is 0.877. The standard InChI is InChI=1S/C16H19NO/c18-16-8-4-7-15-14(16)10-12-17(15)11-9-13-5-2-1-3-6-13/h1-3,5-6,10,12,16,18H,4,7-9,11H2.